The highest BCUT2D eigenvalue weighted by Gasteiger charge is 2.42. The van der Waals surface area contributed by atoms with Gasteiger partial charge in [-0.2, -0.15) is 0 Å². The fraction of sp³-hybridized carbons (Fsp3) is 0. The topological polar surface area (TPSA) is 9.86 Å². The maximum atomic E-state index is 2.54. The molecule has 0 aliphatic carbocycles. The Bertz CT molecular complexity index is 4580. The van der Waals surface area contributed by atoms with E-state index in [0.717, 1.165) is 11.4 Å². The maximum absolute atomic E-state index is 2.99. The van der Waals surface area contributed by atoms with Gasteiger partial charge in [0.1, 0.15) is 0 Å². The summed E-state index contributed by atoms with van der Waals surface area (Å²) in [6.45, 7) is 0. The molecule has 4 heteroatoms. The normalized spacial score (nSPS) is 11.9. The van der Waals surface area contributed by atoms with E-state index in [1.165, 1.54) is 118 Å². The van der Waals surface area contributed by atoms with Crippen LogP contribution in [0.5, 0.6) is 0 Å². The third-order valence-corrected chi connectivity index (χ3v) is 21.8. The van der Waals surface area contributed by atoms with Crippen molar-refractivity contribution in [2.75, 3.05) is 0 Å². The number of fused-ring (bicyclic) bond motifs is 9. The summed E-state index contributed by atoms with van der Waals surface area (Å²) in [5.74, 6) is 0. The Balaban J connectivity index is 1.01. The van der Waals surface area contributed by atoms with Crippen molar-refractivity contribution in [1.82, 2.24) is 9.13 Å². The first-order valence-electron chi connectivity index (χ1n) is 26.1. The molecule has 12 aromatic carbocycles. The molecule has 0 atom stereocenters. The lowest BCUT2D eigenvalue weighted by atomic mass is 9.96. The molecule has 2 nitrogen and oxygen atoms in total. The Morgan fingerprint density at radius 3 is 1.20 bits per heavy atom. The van der Waals surface area contributed by atoms with Gasteiger partial charge in [0.25, 0.3) is 0 Å². The molecule has 0 radical (unpaired) electrons. The number of hydrogen-bond acceptors (Lipinski definition) is 1. The molecule has 0 fully saturated rings. The first-order chi connectivity index (χ1) is 37.7. The van der Waals surface area contributed by atoms with Crippen LogP contribution in [0.3, 0.4) is 0 Å². The molecule has 356 valence electrons. The van der Waals surface area contributed by atoms with E-state index in [1.54, 1.807) is 0 Å². The Kier molecular flexibility index (Phi) is 10.4. The van der Waals surface area contributed by atoms with E-state index in [0.29, 0.717) is 0 Å². The van der Waals surface area contributed by atoms with Crippen LogP contribution in [0, 0.1) is 0 Å². The molecule has 3 aromatic heterocycles. The number of rotatable bonds is 9. The van der Waals surface area contributed by atoms with Crippen LogP contribution < -0.4 is 20.7 Å². The second-order valence-electron chi connectivity index (χ2n) is 20.0. The minimum absolute atomic E-state index is 1.15. The van der Waals surface area contributed by atoms with Crippen molar-refractivity contribution in [2.45, 2.75) is 0 Å². The highest BCUT2D eigenvalue weighted by molar-refractivity contribution is 7.26. The van der Waals surface area contributed by atoms with Crippen LogP contribution >= 0.6 is 11.3 Å². The minimum Gasteiger partial charge on any atom is -0.309 e. The third kappa shape index (κ3) is 6.99. The minimum atomic E-state index is -2.99. The van der Waals surface area contributed by atoms with Crippen LogP contribution in [0.1, 0.15) is 0 Å². The summed E-state index contributed by atoms with van der Waals surface area (Å²) in [4.78, 5) is 0. The first-order valence-corrected chi connectivity index (χ1v) is 29.0. The van der Waals surface area contributed by atoms with Gasteiger partial charge in [-0.15, -0.1) is 11.3 Å². The van der Waals surface area contributed by atoms with E-state index in [9.17, 15) is 0 Å². The third-order valence-electron chi connectivity index (χ3n) is 15.8. The van der Waals surface area contributed by atoms with Crippen molar-refractivity contribution in [3.05, 3.63) is 291 Å². The fourth-order valence-electron chi connectivity index (χ4n) is 12.4. The predicted molar refractivity (Wildman–Crippen MR) is 328 cm³/mol. The standard InChI is InChI=1S/C72H48N2SSi/c1-6-21-54(22-7-1)73-67-35-18-16-31-61(67)64-46-49(37-40-68(64)73)52-43-53(45-59(44-52)76(56-25-10-3-11-26-56,57-27-12-4-13-28-57)58-29-14-5-15-30-58)50-38-41-69-65(47-50)66-48-51(39-42-70(66)74(69)55-23-8-2-9-24-55)60-33-20-34-63-62-32-17-19-36-71(62)75-72(60)63/h1-48H. The molecule has 0 bridgehead atoms. The highest BCUT2D eigenvalue weighted by atomic mass is 32.1. The molecule has 0 amide bonds. The van der Waals surface area contributed by atoms with Crippen LogP contribution in [0.2, 0.25) is 0 Å². The van der Waals surface area contributed by atoms with Crippen LogP contribution in [-0.4, -0.2) is 17.2 Å². The predicted octanol–water partition coefficient (Wildman–Crippen LogP) is 16.6. The van der Waals surface area contributed by atoms with Gasteiger partial charge < -0.3 is 9.13 Å². The van der Waals surface area contributed by atoms with E-state index < -0.39 is 8.07 Å². The number of aromatic nitrogens is 2. The zero-order valence-corrected chi connectivity index (χ0v) is 43.3. The average molecular weight is 1000 g/mol. The largest absolute Gasteiger partial charge is 0.309 e. The molecule has 0 saturated carbocycles. The van der Waals surface area contributed by atoms with Gasteiger partial charge in [-0.3, -0.25) is 0 Å². The molecule has 0 unspecified atom stereocenters. The Hall–Kier alpha value is -9.32. The molecular weight excluding hydrogens is 953 g/mol. The van der Waals surface area contributed by atoms with Gasteiger partial charge in [0.15, 0.2) is 8.07 Å². The molecule has 0 N–H and O–H groups in total. The number of thiophene rings is 1. The molecule has 0 aliphatic rings. The highest BCUT2D eigenvalue weighted by Crippen LogP contribution is 2.43. The van der Waals surface area contributed by atoms with Crippen molar-refractivity contribution >= 4 is 104 Å². The Morgan fingerprint density at radius 1 is 0.250 bits per heavy atom. The molecule has 15 aromatic rings. The van der Waals surface area contributed by atoms with Gasteiger partial charge in [0.2, 0.25) is 0 Å². The second-order valence-corrected chi connectivity index (χ2v) is 24.8. The Morgan fingerprint density at radius 2 is 0.658 bits per heavy atom. The van der Waals surface area contributed by atoms with E-state index in [2.05, 4.69) is 300 Å². The van der Waals surface area contributed by atoms with E-state index >= 15 is 0 Å². The van der Waals surface area contributed by atoms with Gasteiger partial charge in [-0.25, -0.2) is 0 Å². The molecule has 76 heavy (non-hydrogen) atoms. The molecule has 0 spiro atoms. The van der Waals surface area contributed by atoms with E-state index in [4.69, 9.17) is 0 Å². The summed E-state index contributed by atoms with van der Waals surface area (Å²) in [5, 5.41) is 12.9. The zero-order valence-electron chi connectivity index (χ0n) is 41.5. The van der Waals surface area contributed by atoms with Crippen molar-refractivity contribution in [3.8, 4) is 44.8 Å². The summed E-state index contributed by atoms with van der Waals surface area (Å²) in [7, 11) is -2.99. The number of benzene rings is 12. The van der Waals surface area contributed by atoms with Crippen molar-refractivity contribution in [1.29, 1.82) is 0 Å². The van der Waals surface area contributed by atoms with Crippen LogP contribution in [-0.2, 0) is 0 Å². The van der Waals surface area contributed by atoms with Crippen molar-refractivity contribution in [3.63, 3.8) is 0 Å². The molecule has 3 heterocycles. The lowest BCUT2D eigenvalue weighted by Crippen LogP contribution is -2.74. The van der Waals surface area contributed by atoms with Gasteiger partial charge in [0.05, 0.1) is 22.1 Å². The lowest BCUT2D eigenvalue weighted by Gasteiger charge is -2.35. The summed E-state index contributed by atoms with van der Waals surface area (Å²) < 4.78 is 7.49. The quantitative estimate of drug-likeness (QED) is 0.101. The number of para-hydroxylation sites is 3. The molecule has 0 saturated heterocycles. The summed E-state index contributed by atoms with van der Waals surface area (Å²) >= 11 is 1.89. The zero-order chi connectivity index (χ0) is 50.2. The molecule has 15 rings (SSSR count). The van der Waals surface area contributed by atoms with Gasteiger partial charge in [-0.1, -0.05) is 212 Å². The number of nitrogens with zero attached hydrogens (tertiary/aromatic N) is 2. The second kappa shape index (κ2) is 18.0. The summed E-state index contributed by atoms with van der Waals surface area (Å²) in [6, 6.07) is 109. The average Bonchev–Trinajstić information content (AvgIpc) is 4.19. The van der Waals surface area contributed by atoms with Crippen molar-refractivity contribution in [2.24, 2.45) is 0 Å². The van der Waals surface area contributed by atoms with Crippen LogP contribution in [0.15, 0.2) is 291 Å². The fourth-order valence-corrected chi connectivity index (χ4v) is 18.5. The van der Waals surface area contributed by atoms with Gasteiger partial charge in [-0.05, 0) is 133 Å². The molecule has 0 aliphatic heterocycles. The van der Waals surface area contributed by atoms with E-state index in [1.807, 2.05) is 11.3 Å². The number of hydrogen-bond donors (Lipinski definition) is 0. The van der Waals surface area contributed by atoms with E-state index in [-0.39, 0.29) is 0 Å². The van der Waals surface area contributed by atoms with Gasteiger partial charge in [0, 0.05) is 53.1 Å². The van der Waals surface area contributed by atoms with Crippen LogP contribution in [0.25, 0.3) is 109 Å². The smallest absolute Gasteiger partial charge is 0.179 e. The SMILES string of the molecule is c1ccc(-n2c3ccccc3c3cc(-c4cc(-c5ccc6c(c5)c5cc(-c7cccc8c7sc7ccccc78)ccc5n6-c5ccccc5)cc([Si](c5ccccc5)(c5ccccc5)c5ccccc5)c4)ccc32)cc1. The maximum Gasteiger partial charge on any atom is 0.179 e. The lowest BCUT2D eigenvalue weighted by molar-refractivity contribution is 1.18. The monoisotopic (exact) mass is 1000 g/mol. The summed E-state index contributed by atoms with van der Waals surface area (Å²) in [6.07, 6.45) is 0. The first kappa shape index (κ1) is 44.2. The Labute approximate surface area is 446 Å². The van der Waals surface area contributed by atoms with Crippen LogP contribution in [0.4, 0.5) is 0 Å². The summed E-state index contributed by atoms with van der Waals surface area (Å²) in [5.41, 5.74) is 14.3. The molecular formula is C72H48N2SSi. The van der Waals surface area contributed by atoms with Crippen molar-refractivity contribution < 1.29 is 0 Å². The van der Waals surface area contributed by atoms with Gasteiger partial charge >= 0.3 is 0 Å².